The van der Waals surface area contributed by atoms with Crippen LogP contribution in [0.1, 0.15) is 40.0 Å². The van der Waals surface area contributed by atoms with Crippen molar-refractivity contribution in [2.24, 2.45) is 29.4 Å². The highest BCUT2D eigenvalue weighted by Gasteiger charge is 2.33. The van der Waals surface area contributed by atoms with Gasteiger partial charge in [0.15, 0.2) is 0 Å². The van der Waals surface area contributed by atoms with E-state index in [1.54, 1.807) is 0 Å². The average Bonchev–Trinajstić information content (AvgIpc) is 2.03. The van der Waals surface area contributed by atoms with Crippen molar-refractivity contribution >= 4 is 5.91 Å². The molecule has 0 aliphatic heterocycles. The number of primary amides is 1. The zero-order valence-corrected chi connectivity index (χ0v) is 8.92. The lowest BCUT2D eigenvalue weighted by atomic mass is 9.70. The zero-order valence-electron chi connectivity index (χ0n) is 8.92. The molecule has 1 saturated carbocycles. The first-order valence-corrected chi connectivity index (χ1v) is 5.31. The Labute approximate surface area is 80.9 Å². The summed E-state index contributed by atoms with van der Waals surface area (Å²) in [7, 11) is 0. The van der Waals surface area contributed by atoms with Crippen molar-refractivity contribution < 1.29 is 4.79 Å². The summed E-state index contributed by atoms with van der Waals surface area (Å²) in [6.07, 6.45) is 3.43. The second-order valence-electron chi connectivity index (χ2n) is 4.83. The quantitative estimate of drug-likeness (QED) is 0.700. The van der Waals surface area contributed by atoms with Crippen LogP contribution in [0.2, 0.25) is 0 Å². The molecule has 0 bridgehead atoms. The minimum atomic E-state index is -0.0924. The van der Waals surface area contributed by atoms with E-state index in [-0.39, 0.29) is 11.8 Å². The molecule has 2 N–H and O–H groups in total. The molecular formula is C11H21NO. The smallest absolute Gasteiger partial charge is 0.220 e. The predicted molar refractivity (Wildman–Crippen MR) is 54.0 cm³/mol. The fourth-order valence-electron chi connectivity index (χ4n) is 2.53. The fraction of sp³-hybridized carbons (Fsp3) is 0.909. The molecule has 1 aliphatic carbocycles. The van der Waals surface area contributed by atoms with E-state index in [1.807, 2.05) is 0 Å². The van der Waals surface area contributed by atoms with Crippen molar-refractivity contribution in [3.8, 4) is 0 Å². The van der Waals surface area contributed by atoms with Crippen LogP contribution in [-0.2, 0) is 4.79 Å². The molecule has 1 rings (SSSR count). The molecule has 0 unspecified atom stereocenters. The summed E-state index contributed by atoms with van der Waals surface area (Å²) in [6.45, 7) is 6.60. The molecule has 0 saturated heterocycles. The third-order valence-electron chi connectivity index (χ3n) is 3.39. The molecule has 1 amide bonds. The number of rotatable bonds is 2. The highest BCUT2D eigenvalue weighted by atomic mass is 16.1. The van der Waals surface area contributed by atoms with Gasteiger partial charge >= 0.3 is 0 Å². The summed E-state index contributed by atoms with van der Waals surface area (Å²) in [4.78, 5) is 11.2. The highest BCUT2D eigenvalue weighted by molar-refractivity contribution is 5.77. The predicted octanol–water partition coefficient (Wildman–Crippen LogP) is 2.18. The van der Waals surface area contributed by atoms with Gasteiger partial charge in [0, 0.05) is 5.92 Å². The minimum Gasteiger partial charge on any atom is -0.369 e. The highest BCUT2D eigenvalue weighted by Crippen LogP contribution is 2.37. The molecule has 3 atom stereocenters. The summed E-state index contributed by atoms with van der Waals surface area (Å²) >= 11 is 0. The first kappa shape index (κ1) is 10.6. The van der Waals surface area contributed by atoms with E-state index in [0.717, 1.165) is 6.42 Å². The average molecular weight is 183 g/mol. The van der Waals surface area contributed by atoms with Crippen LogP contribution in [0.15, 0.2) is 0 Å². The Kier molecular flexibility index (Phi) is 3.34. The summed E-state index contributed by atoms with van der Waals surface area (Å²) in [5, 5.41) is 0. The third kappa shape index (κ3) is 2.45. The summed E-state index contributed by atoms with van der Waals surface area (Å²) in [6, 6.07) is 0. The Morgan fingerprint density at radius 2 is 2.00 bits per heavy atom. The largest absolute Gasteiger partial charge is 0.369 e. The number of hydrogen-bond acceptors (Lipinski definition) is 1. The van der Waals surface area contributed by atoms with Crippen LogP contribution in [0.3, 0.4) is 0 Å². The number of carbonyl (C=O) groups is 1. The lowest BCUT2D eigenvalue weighted by Crippen LogP contribution is -2.37. The van der Waals surface area contributed by atoms with Gasteiger partial charge in [0.2, 0.25) is 5.91 Å². The van der Waals surface area contributed by atoms with Crippen molar-refractivity contribution in [2.75, 3.05) is 0 Å². The van der Waals surface area contributed by atoms with Crippen molar-refractivity contribution in [3.05, 3.63) is 0 Å². The molecule has 76 valence electrons. The van der Waals surface area contributed by atoms with Gasteiger partial charge in [-0.25, -0.2) is 0 Å². The van der Waals surface area contributed by atoms with Gasteiger partial charge in [-0.1, -0.05) is 27.2 Å². The van der Waals surface area contributed by atoms with Crippen LogP contribution in [-0.4, -0.2) is 5.91 Å². The lowest BCUT2D eigenvalue weighted by molar-refractivity contribution is -0.125. The summed E-state index contributed by atoms with van der Waals surface area (Å²) in [5.74, 6) is 1.82. The monoisotopic (exact) mass is 183 g/mol. The molecule has 1 fully saturated rings. The van der Waals surface area contributed by atoms with Crippen LogP contribution < -0.4 is 5.73 Å². The molecule has 2 heteroatoms. The third-order valence-corrected chi connectivity index (χ3v) is 3.39. The number of amides is 1. The van der Waals surface area contributed by atoms with Gasteiger partial charge in [-0.15, -0.1) is 0 Å². The van der Waals surface area contributed by atoms with E-state index >= 15 is 0 Å². The van der Waals surface area contributed by atoms with Crippen molar-refractivity contribution in [3.63, 3.8) is 0 Å². The van der Waals surface area contributed by atoms with Crippen molar-refractivity contribution in [1.29, 1.82) is 0 Å². The standard InChI is InChI=1S/C11H21NO/c1-7(2)9-5-4-8(3)6-10(9)11(12)13/h7-10H,4-6H2,1-3H3,(H2,12,13)/t8-,9+,10-/m0/s1. The van der Waals surface area contributed by atoms with Crippen LogP contribution in [0.5, 0.6) is 0 Å². The van der Waals surface area contributed by atoms with E-state index in [0.29, 0.717) is 17.8 Å². The Morgan fingerprint density at radius 3 is 2.46 bits per heavy atom. The van der Waals surface area contributed by atoms with E-state index in [9.17, 15) is 4.79 Å². The fourth-order valence-corrected chi connectivity index (χ4v) is 2.53. The molecule has 0 aromatic carbocycles. The summed E-state index contributed by atoms with van der Waals surface area (Å²) in [5.41, 5.74) is 5.42. The van der Waals surface area contributed by atoms with Crippen LogP contribution in [0.25, 0.3) is 0 Å². The Bertz CT molecular complexity index is 189. The van der Waals surface area contributed by atoms with E-state index in [1.165, 1.54) is 12.8 Å². The summed E-state index contributed by atoms with van der Waals surface area (Å²) < 4.78 is 0. The van der Waals surface area contributed by atoms with Gasteiger partial charge in [0.1, 0.15) is 0 Å². The van der Waals surface area contributed by atoms with Gasteiger partial charge in [0.25, 0.3) is 0 Å². The van der Waals surface area contributed by atoms with Gasteiger partial charge in [-0.3, -0.25) is 4.79 Å². The Balaban J connectivity index is 2.66. The molecule has 0 spiro atoms. The first-order valence-electron chi connectivity index (χ1n) is 5.31. The molecule has 2 nitrogen and oxygen atoms in total. The van der Waals surface area contributed by atoms with E-state index in [2.05, 4.69) is 20.8 Å². The topological polar surface area (TPSA) is 43.1 Å². The second-order valence-corrected chi connectivity index (χ2v) is 4.83. The SMILES string of the molecule is CC(C)[C@H]1CC[C@H](C)C[C@@H]1C(N)=O. The number of carbonyl (C=O) groups excluding carboxylic acids is 1. The number of nitrogens with two attached hydrogens (primary N) is 1. The maximum absolute atomic E-state index is 11.2. The normalized spacial score (nSPS) is 34.9. The maximum atomic E-state index is 11.2. The molecule has 13 heavy (non-hydrogen) atoms. The zero-order chi connectivity index (χ0) is 10.0. The van der Waals surface area contributed by atoms with E-state index < -0.39 is 0 Å². The van der Waals surface area contributed by atoms with Crippen LogP contribution in [0.4, 0.5) is 0 Å². The molecule has 0 aromatic rings. The van der Waals surface area contributed by atoms with E-state index in [4.69, 9.17) is 5.73 Å². The molecule has 0 heterocycles. The van der Waals surface area contributed by atoms with Gasteiger partial charge in [0.05, 0.1) is 0 Å². The maximum Gasteiger partial charge on any atom is 0.220 e. The van der Waals surface area contributed by atoms with Gasteiger partial charge in [-0.2, -0.15) is 0 Å². The van der Waals surface area contributed by atoms with Gasteiger partial charge in [-0.05, 0) is 30.6 Å². The molecule has 1 aliphatic rings. The number of hydrogen-bond donors (Lipinski definition) is 1. The van der Waals surface area contributed by atoms with Crippen molar-refractivity contribution in [1.82, 2.24) is 0 Å². The van der Waals surface area contributed by atoms with Crippen molar-refractivity contribution in [2.45, 2.75) is 40.0 Å². The lowest BCUT2D eigenvalue weighted by Gasteiger charge is -2.35. The minimum absolute atomic E-state index is 0.0924. The van der Waals surface area contributed by atoms with Gasteiger partial charge < -0.3 is 5.73 Å². The Morgan fingerprint density at radius 1 is 1.38 bits per heavy atom. The first-order chi connectivity index (χ1) is 6.02. The Hall–Kier alpha value is -0.530. The van der Waals surface area contributed by atoms with Crippen LogP contribution in [0, 0.1) is 23.7 Å². The second kappa shape index (κ2) is 4.12. The molecule has 0 radical (unpaired) electrons. The molecular weight excluding hydrogens is 162 g/mol. The van der Waals surface area contributed by atoms with Crippen LogP contribution >= 0.6 is 0 Å². The molecule has 0 aromatic heterocycles.